The van der Waals surface area contributed by atoms with Crippen molar-refractivity contribution in [3.05, 3.63) is 64.6 Å². The number of Topliss-reactive ketones (excluding diaryl/α,β-unsaturated/α-hetero) is 1. The van der Waals surface area contributed by atoms with Gasteiger partial charge in [-0.3, -0.25) is 10.2 Å². The zero-order chi connectivity index (χ0) is 14.4. The van der Waals surface area contributed by atoms with E-state index in [-0.39, 0.29) is 5.71 Å². The number of carbonyl (C=O) groups excluding carboxylic acids is 1. The SMILES string of the molecule is N#C/C(=N\Nc1ccc(Br)cc1)C(=O)c1ccccc1. The maximum absolute atomic E-state index is 12.1. The Kier molecular flexibility index (Phi) is 4.64. The Hall–Kier alpha value is -2.45. The molecule has 0 saturated carbocycles. The van der Waals surface area contributed by atoms with Gasteiger partial charge < -0.3 is 0 Å². The lowest BCUT2D eigenvalue weighted by Gasteiger charge is -2.02. The molecule has 0 aromatic heterocycles. The smallest absolute Gasteiger partial charge is 0.223 e. The molecule has 0 saturated heterocycles. The standard InChI is InChI=1S/C15H10BrN3O/c16-12-6-8-13(9-7-12)18-19-14(10-17)15(20)11-4-2-1-3-5-11/h1-9,18H/b19-14+. The molecule has 0 aliphatic rings. The van der Waals surface area contributed by atoms with Crippen LogP contribution in [0.1, 0.15) is 10.4 Å². The van der Waals surface area contributed by atoms with Crippen molar-refractivity contribution >= 4 is 33.1 Å². The zero-order valence-electron chi connectivity index (χ0n) is 10.4. The van der Waals surface area contributed by atoms with E-state index in [1.54, 1.807) is 42.5 Å². The van der Waals surface area contributed by atoms with Gasteiger partial charge in [0.25, 0.3) is 0 Å². The Morgan fingerprint density at radius 2 is 1.75 bits per heavy atom. The van der Waals surface area contributed by atoms with Crippen LogP contribution in [0.5, 0.6) is 0 Å². The second-order valence-corrected chi connectivity index (χ2v) is 4.80. The quantitative estimate of drug-likeness (QED) is 0.529. The third-order valence-corrected chi connectivity index (χ3v) is 3.03. The summed E-state index contributed by atoms with van der Waals surface area (Å²) < 4.78 is 0.938. The number of carbonyl (C=O) groups is 1. The first kappa shape index (κ1) is 14.0. The molecule has 0 aliphatic carbocycles. The van der Waals surface area contributed by atoms with Gasteiger partial charge >= 0.3 is 0 Å². The van der Waals surface area contributed by atoms with E-state index >= 15 is 0 Å². The van der Waals surface area contributed by atoms with Gasteiger partial charge in [-0.25, -0.2) is 0 Å². The van der Waals surface area contributed by atoms with Crippen molar-refractivity contribution in [3.63, 3.8) is 0 Å². The van der Waals surface area contributed by atoms with E-state index in [4.69, 9.17) is 5.26 Å². The fourth-order valence-electron chi connectivity index (χ4n) is 1.50. The monoisotopic (exact) mass is 327 g/mol. The Balaban J connectivity index is 2.16. The number of ketones is 1. The van der Waals surface area contributed by atoms with E-state index in [1.165, 1.54) is 0 Å². The van der Waals surface area contributed by atoms with Crippen LogP contribution in [0.3, 0.4) is 0 Å². The third kappa shape index (κ3) is 3.53. The van der Waals surface area contributed by atoms with Crippen LogP contribution in [0, 0.1) is 11.3 Å². The van der Waals surface area contributed by atoms with Gasteiger partial charge in [-0.15, -0.1) is 0 Å². The van der Waals surface area contributed by atoms with Crippen LogP contribution >= 0.6 is 15.9 Å². The first-order chi connectivity index (χ1) is 9.70. The fourth-order valence-corrected chi connectivity index (χ4v) is 1.76. The molecule has 0 aliphatic heterocycles. The minimum absolute atomic E-state index is 0.181. The Morgan fingerprint density at radius 1 is 1.10 bits per heavy atom. The molecule has 0 heterocycles. The Morgan fingerprint density at radius 3 is 2.35 bits per heavy atom. The molecule has 0 unspecified atom stereocenters. The molecule has 98 valence electrons. The van der Waals surface area contributed by atoms with Crippen LogP contribution in [-0.2, 0) is 0 Å². The highest BCUT2D eigenvalue weighted by Crippen LogP contribution is 2.14. The van der Waals surface area contributed by atoms with Crippen LogP contribution in [0.2, 0.25) is 0 Å². The van der Waals surface area contributed by atoms with Gasteiger partial charge in [-0.1, -0.05) is 46.3 Å². The predicted molar refractivity (Wildman–Crippen MR) is 81.6 cm³/mol. The highest BCUT2D eigenvalue weighted by Gasteiger charge is 2.13. The molecule has 4 nitrogen and oxygen atoms in total. The van der Waals surface area contributed by atoms with Crippen LogP contribution in [0.15, 0.2) is 64.2 Å². The molecule has 20 heavy (non-hydrogen) atoms. The molecule has 2 aromatic carbocycles. The molecule has 2 rings (SSSR count). The van der Waals surface area contributed by atoms with Crippen LogP contribution in [-0.4, -0.2) is 11.5 Å². The number of nitriles is 1. The van der Waals surface area contributed by atoms with Crippen molar-refractivity contribution < 1.29 is 4.79 Å². The summed E-state index contributed by atoms with van der Waals surface area (Å²) in [6, 6.07) is 17.6. The number of anilines is 1. The van der Waals surface area contributed by atoms with E-state index in [1.807, 2.05) is 18.2 Å². The summed E-state index contributed by atoms with van der Waals surface area (Å²) in [6.07, 6.45) is 0. The van der Waals surface area contributed by atoms with Gasteiger partial charge in [0.05, 0.1) is 5.69 Å². The predicted octanol–water partition coefficient (Wildman–Crippen LogP) is 3.62. The van der Waals surface area contributed by atoms with Gasteiger partial charge in [-0.2, -0.15) is 10.4 Å². The fraction of sp³-hybridized carbons (Fsp3) is 0. The summed E-state index contributed by atoms with van der Waals surface area (Å²) in [5, 5.41) is 12.9. The minimum atomic E-state index is -0.405. The number of hydrazone groups is 1. The van der Waals surface area contributed by atoms with Gasteiger partial charge in [0, 0.05) is 10.0 Å². The largest absolute Gasteiger partial charge is 0.286 e. The van der Waals surface area contributed by atoms with Crippen molar-refractivity contribution in [1.82, 2.24) is 0 Å². The second kappa shape index (κ2) is 6.64. The van der Waals surface area contributed by atoms with Crippen molar-refractivity contribution in [2.45, 2.75) is 0 Å². The average molecular weight is 328 g/mol. The molecule has 2 aromatic rings. The average Bonchev–Trinajstić information content (AvgIpc) is 2.50. The van der Waals surface area contributed by atoms with Gasteiger partial charge in [0.1, 0.15) is 6.07 Å². The topological polar surface area (TPSA) is 65.2 Å². The van der Waals surface area contributed by atoms with E-state index in [2.05, 4.69) is 26.5 Å². The molecule has 0 amide bonds. The molecule has 0 fully saturated rings. The molecular formula is C15H10BrN3O. The normalized spacial score (nSPS) is 10.7. The van der Waals surface area contributed by atoms with Crippen molar-refractivity contribution in [2.24, 2.45) is 5.10 Å². The van der Waals surface area contributed by atoms with Crippen molar-refractivity contribution in [3.8, 4) is 6.07 Å². The minimum Gasteiger partial charge on any atom is -0.286 e. The lowest BCUT2D eigenvalue weighted by Crippen LogP contribution is -2.14. The molecule has 0 spiro atoms. The summed E-state index contributed by atoms with van der Waals surface area (Å²) in [5.74, 6) is -0.405. The Labute approximate surface area is 124 Å². The second-order valence-electron chi connectivity index (χ2n) is 3.89. The highest BCUT2D eigenvalue weighted by atomic mass is 79.9. The molecule has 0 atom stereocenters. The lowest BCUT2D eigenvalue weighted by atomic mass is 10.1. The number of nitrogens with one attached hydrogen (secondary N) is 1. The van der Waals surface area contributed by atoms with Gasteiger partial charge in [-0.05, 0) is 24.3 Å². The first-order valence-electron chi connectivity index (χ1n) is 5.80. The van der Waals surface area contributed by atoms with Gasteiger partial charge in [0.2, 0.25) is 11.5 Å². The first-order valence-corrected chi connectivity index (χ1v) is 6.59. The van der Waals surface area contributed by atoms with Gasteiger partial charge in [0.15, 0.2) is 0 Å². The lowest BCUT2D eigenvalue weighted by molar-refractivity contribution is 0.106. The van der Waals surface area contributed by atoms with Crippen molar-refractivity contribution in [1.29, 1.82) is 5.26 Å². The van der Waals surface area contributed by atoms with E-state index < -0.39 is 5.78 Å². The third-order valence-electron chi connectivity index (χ3n) is 2.50. The summed E-state index contributed by atoms with van der Waals surface area (Å²) in [4.78, 5) is 12.1. The molecule has 1 N–H and O–H groups in total. The maximum atomic E-state index is 12.1. The van der Waals surface area contributed by atoms with E-state index in [9.17, 15) is 4.79 Å². The maximum Gasteiger partial charge on any atom is 0.223 e. The van der Waals surface area contributed by atoms with Crippen LogP contribution in [0.4, 0.5) is 5.69 Å². The number of rotatable bonds is 4. The molecule has 5 heteroatoms. The molecule has 0 bridgehead atoms. The summed E-state index contributed by atoms with van der Waals surface area (Å²) in [7, 11) is 0. The summed E-state index contributed by atoms with van der Waals surface area (Å²) in [6.45, 7) is 0. The van der Waals surface area contributed by atoms with E-state index in [0.29, 0.717) is 11.3 Å². The van der Waals surface area contributed by atoms with Crippen LogP contribution in [0.25, 0.3) is 0 Å². The van der Waals surface area contributed by atoms with Crippen LogP contribution < -0.4 is 5.43 Å². The zero-order valence-corrected chi connectivity index (χ0v) is 12.0. The number of nitrogens with zero attached hydrogens (tertiary/aromatic N) is 2. The van der Waals surface area contributed by atoms with Crippen molar-refractivity contribution in [2.75, 3.05) is 5.43 Å². The van der Waals surface area contributed by atoms with E-state index in [0.717, 1.165) is 4.47 Å². The number of hydrogen-bond donors (Lipinski definition) is 1. The summed E-state index contributed by atoms with van der Waals surface area (Å²) in [5.41, 5.74) is 3.65. The summed E-state index contributed by atoms with van der Waals surface area (Å²) >= 11 is 3.32. The number of halogens is 1. The Bertz CT molecular complexity index is 673. The number of benzene rings is 2. The molecular weight excluding hydrogens is 318 g/mol. The number of hydrogen-bond acceptors (Lipinski definition) is 4. The highest BCUT2D eigenvalue weighted by molar-refractivity contribution is 9.10. The molecule has 0 radical (unpaired) electrons.